The van der Waals surface area contributed by atoms with Crippen LogP contribution in [-0.2, 0) is 0 Å². The molecule has 0 fully saturated rings. The fourth-order valence-electron chi connectivity index (χ4n) is 1.37. The summed E-state index contributed by atoms with van der Waals surface area (Å²) in [5.74, 6) is 1.43. The number of rotatable bonds is 4. The molecule has 1 aromatic carbocycles. The predicted molar refractivity (Wildman–Crippen MR) is 64.3 cm³/mol. The zero-order chi connectivity index (χ0) is 11.4. The van der Waals surface area contributed by atoms with Crippen molar-refractivity contribution in [3.63, 3.8) is 0 Å². The number of hydrogen-bond donors (Lipinski definition) is 1. The summed E-state index contributed by atoms with van der Waals surface area (Å²) in [6.07, 6.45) is 0.0462. The van der Waals surface area contributed by atoms with Crippen LogP contribution < -0.4 is 10.5 Å². The van der Waals surface area contributed by atoms with Crippen molar-refractivity contribution in [2.75, 3.05) is 0 Å². The Morgan fingerprint density at radius 1 is 1.07 bits per heavy atom. The van der Waals surface area contributed by atoms with Gasteiger partial charge in [0.2, 0.25) is 0 Å². The van der Waals surface area contributed by atoms with Gasteiger partial charge in [-0.3, -0.25) is 0 Å². The molecule has 2 heteroatoms. The van der Waals surface area contributed by atoms with Crippen LogP contribution in [-0.4, -0.2) is 12.1 Å². The monoisotopic (exact) mass is 207 g/mol. The van der Waals surface area contributed by atoms with Crippen LogP contribution in [0.5, 0.6) is 5.75 Å². The lowest BCUT2D eigenvalue weighted by Crippen LogP contribution is -2.33. The molecule has 0 spiro atoms. The van der Waals surface area contributed by atoms with Crippen molar-refractivity contribution in [3.8, 4) is 5.75 Å². The Labute approximate surface area is 92.4 Å². The quantitative estimate of drug-likeness (QED) is 0.824. The van der Waals surface area contributed by atoms with E-state index in [1.165, 1.54) is 5.56 Å². The second-order valence-electron chi connectivity index (χ2n) is 4.37. The molecular formula is C13H21NO. The van der Waals surface area contributed by atoms with Crippen LogP contribution in [0.25, 0.3) is 0 Å². The molecule has 0 amide bonds. The van der Waals surface area contributed by atoms with Crippen LogP contribution >= 0.6 is 0 Å². The van der Waals surface area contributed by atoms with Gasteiger partial charge in [0.15, 0.2) is 0 Å². The fourth-order valence-corrected chi connectivity index (χ4v) is 1.37. The van der Waals surface area contributed by atoms with Crippen LogP contribution in [0.4, 0.5) is 0 Å². The molecule has 1 aromatic rings. The van der Waals surface area contributed by atoms with Crippen LogP contribution in [0.3, 0.4) is 0 Å². The maximum absolute atomic E-state index is 5.84. The van der Waals surface area contributed by atoms with Gasteiger partial charge in [-0.1, -0.05) is 32.0 Å². The molecule has 0 radical (unpaired) electrons. The molecular weight excluding hydrogens is 186 g/mol. The minimum absolute atomic E-state index is 0.0462. The summed E-state index contributed by atoms with van der Waals surface area (Å²) < 4.78 is 5.84. The third-order valence-electron chi connectivity index (χ3n) is 2.59. The van der Waals surface area contributed by atoms with Crippen LogP contribution in [0.2, 0.25) is 0 Å². The summed E-state index contributed by atoms with van der Waals surface area (Å²) in [6, 6.07) is 8.20. The number of ether oxygens (including phenoxy) is 1. The highest BCUT2D eigenvalue weighted by molar-refractivity contribution is 5.35. The molecule has 0 aromatic heterocycles. The van der Waals surface area contributed by atoms with Gasteiger partial charge < -0.3 is 10.5 Å². The van der Waals surface area contributed by atoms with Gasteiger partial charge in [-0.05, 0) is 31.4 Å². The number of para-hydroxylation sites is 1. The summed E-state index contributed by atoms with van der Waals surface area (Å²) in [5.41, 5.74) is 7.03. The van der Waals surface area contributed by atoms with Crippen molar-refractivity contribution in [1.82, 2.24) is 0 Å². The Morgan fingerprint density at radius 3 is 2.20 bits per heavy atom. The molecule has 0 heterocycles. The van der Waals surface area contributed by atoms with Gasteiger partial charge in [0.05, 0.1) is 0 Å². The molecule has 15 heavy (non-hydrogen) atoms. The van der Waals surface area contributed by atoms with Crippen molar-refractivity contribution in [2.24, 2.45) is 5.73 Å². The minimum atomic E-state index is 0.0462. The fraction of sp³-hybridized carbons (Fsp3) is 0.538. The van der Waals surface area contributed by atoms with E-state index in [0.29, 0.717) is 5.92 Å². The highest BCUT2D eigenvalue weighted by Crippen LogP contribution is 2.26. The lowest BCUT2D eigenvalue weighted by Gasteiger charge is -2.21. The summed E-state index contributed by atoms with van der Waals surface area (Å²) in [5, 5.41) is 0. The highest BCUT2D eigenvalue weighted by Gasteiger charge is 2.12. The molecule has 84 valence electrons. The van der Waals surface area contributed by atoms with E-state index in [1.807, 2.05) is 32.0 Å². The van der Waals surface area contributed by atoms with Crippen molar-refractivity contribution in [1.29, 1.82) is 0 Å². The summed E-state index contributed by atoms with van der Waals surface area (Å²) in [6.45, 7) is 8.29. The van der Waals surface area contributed by atoms with E-state index in [-0.39, 0.29) is 12.1 Å². The van der Waals surface area contributed by atoms with Crippen molar-refractivity contribution >= 4 is 0 Å². The molecule has 1 unspecified atom stereocenters. The average molecular weight is 207 g/mol. The largest absolute Gasteiger partial charge is 0.489 e. The lowest BCUT2D eigenvalue weighted by molar-refractivity contribution is 0.194. The molecule has 0 aliphatic heterocycles. The van der Waals surface area contributed by atoms with Gasteiger partial charge in [-0.15, -0.1) is 0 Å². The highest BCUT2D eigenvalue weighted by atomic mass is 16.5. The van der Waals surface area contributed by atoms with Crippen molar-refractivity contribution < 1.29 is 4.74 Å². The van der Waals surface area contributed by atoms with E-state index < -0.39 is 0 Å². The molecule has 1 rings (SSSR count). The van der Waals surface area contributed by atoms with E-state index in [2.05, 4.69) is 19.9 Å². The summed E-state index contributed by atoms with van der Waals surface area (Å²) in [7, 11) is 0. The van der Waals surface area contributed by atoms with Gasteiger partial charge in [-0.2, -0.15) is 0 Å². The maximum Gasteiger partial charge on any atom is 0.123 e. The van der Waals surface area contributed by atoms with E-state index >= 15 is 0 Å². The maximum atomic E-state index is 5.84. The standard InChI is InChI=1S/C13H21NO/c1-9(2)12-7-5-6-8-13(12)15-11(4)10(3)14/h5-11H,14H2,1-4H3/t10-,11?/m1/s1. The lowest BCUT2D eigenvalue weighted by atomic mass is 10.0. The molecule has 2 nitrogen and oxygen atoms in total. The predicted octanol–water partition coefficient (Wildman–Crippen LogP) is 2.92. The Morgan fingerprint density at radius 2 is 1.67 bits per heavy atom. The molecule has 0 bridgehead atoms. The third kappa shape index (κ3) is 3.24. The van der Waals surface area contributed by atoms with E-state index in [1.54, 1.807) is 0 Å². The topological polar surface area (TPSA) is 35.2 Å². The Balaban J connectivity index is 2.84. The normalized spacial score (nSPS) is 15.1. The third-order valence-corrected chi connectivity index (χ3v) is 2.59. The molecule has 2 atom stereocenters. The molecule has 0 aliphatic rings. The van der Waals surface area contributed by atoms with Gasteiger partial charge in [-0.25, -0.2) is 0 Å². The van der Waals surface area contributed by atoms with Gasteiger partial charge in [0.1, 0.15) is 11.9 Å². The van der Waals surface area contributed by atoms with Gasteiger partial charge >= 0.3 is 0 Å². The Hall–Kier alpha value is -1.02. The number of benzene rings is 1. The SMILES string of the molecule is CC(C)c1ccccc1OC(C)[C@@H](C)N. The zero-order valence-electron chi connectivity index (χ0n) is 10.0. The molecule has 0 aliphatic carbocycles. The first-order chi connectivity index (χ1) is 7.02. The van der Waals surface area contributed by atoms with Gasteiger partial charge in [0.25, 0.3) is 0 Å². The first kappa shape index (κ1) is 12.1. The molecule has 0 saturated heterocycles. The summed E-state index contributed by atoms with van der Waals surface area (Å²) in [4.78, 5) is 0. The smallest absolute Gasteiger partial charge is 0.123 e. The second-order valence-corrected chi connectivity index (χ2v) is 4.37. The number of nitrogens with two attached hydrogens (primary N) is 1. The number of hydrogen-bond acceptors (Lipinski definition) is 2. The van der Waals surface area contributed by atoms with E-state index in [0.717, 1.165) is 5.75 Å². The average Bonchev–Trinajstić information content (AvgIpc) is 2.18. The zero-order valence-corrected chi connectivity index (χ0v) is 10.0. The van der Waals surface area contributed by atoms with Crippen LogP contribution in [0, 0.1) is 0 Å². The molecule has 2 N–H and O–H groups in total. The summed E-state index contributed by atoms with van der Waals surface area (Å²) >= 11 is 0. The second kappa shape index (κ2) is 5.17. The van der Waals surface area contributed by atoms with Crippen molar-refractivity contribution in [2.45, 2.75) is 45.8 Å². The Bertz CT molecular complexity index is 307. The van der Waals surface area contributed by atoms with E-state index in [9.17, 15) is 0 Å². The van der Waals surface area contributed by atoms with Crippen LogP contribution in [0.15, 0.2) is 24.3 Å². The first-order valence-corrected chi connectivity index (χ1v) is 5.53. The van der Waals surface area contributed by atoms with Gasteiger partial charge in [0, 0.05) is 6.04 Å². The van der Waals surface area contributed by atoms with Crippen molar-refractivity contribution in [3.05, 3.63) is 29.8 Å². The first-order valence-electron chi connectivity index (χ1n) is 5.53. The minimum Gasteiger partial charge on any atom is -0.489 e. The van der Waals surface area contributed by atoms with E-state index in [4.69, 9.17) is 10.5 Å². The molecule has 0 saturated carbocycles. The Kier molecular flexibility index (Phi) is 4.15. The van der Waals surface area contributed by atoms with Crippen LogP contribution in [0.1, 0.15) is 39.2 Å².